The summed E-state index contributed by atoms with van der Waals surface area (Å²) in [6.07, 6.45) is 1.66. The number of ether oxygens (including phenoxy) is 1. The number of Topliss-reactive ketones (excluding diaryl/α,β-unsaturated/α-hetero) is 1. The van der Waals surface area contributed by atoms with E-state index in [0.717, 1.165) is 44.4 Å². The van der Waals surface area contributed by atoms with Crippen LogP contribution in [0.5, 0.6) is 0 Å². The highest BCUT2D eigenvalue weighted by atomic mass is 16.5. The first kappa shape index (κ1) is 12.8. The predicted molar refractivity (Wildman–Crippen MR) is 73.6 cm³/mol. The number of pyridine rings is 1. The predicted octanol–water partition coefficient (Wildman–Crippen LogP) is 1.80. The van der Waals surface area contributed by atoms with Crippen LogP contribution in [0, 0.1) is 0 Å². The minimum atomic E-state index is 0. The second kappa shape index (κ2) is 5.82. The van der Waals surface area contributed by atoms with Crippen molar-refractivity contribution in [1.29, 1.82) is 0 Å². The number of rotatable bonds is 4. The van der Waals surface area contributed by atoms with E-state index in [4.69, 9.17) is 4.74 Å². The van der Waals surface area contributed by atoms with Crippen molar-refractivity contribution in [3.8, 4) is 0 Å². The van der Waals surface area contributed by atoms with Gasteiger partial charge in [0, 0.05) is 33.3 Å². The Balaban J connectivity index is 0.00000180. The number of carbonyl (C=O) groups excluding carboxylic acids is 1. The maximum absolute atomic E-state index is 11.5. The van der Waals surface area contributed by atoms with E-state index in [1.54, 1.807) is 13.1 Å². The van der Waals surface area contributed by atoms with Crippen molar-refractivity contribution in [2.45, 2.75) is 13.8 Å². The first-order valence-corrected chi connectivity index (χ1v) is 6.30. The maximum Gasteiger partial charge on any atom is 0.163 e. The maximum atomic E-state index is 11.5. The summed E-state index contributed by atoms with van der Waals surface area (Å²) in [5.74, 6) is 0.936. The summed E-state index contributed by atoms with van der Waals surface area (Å²) >= 11 is 0. The van der Waals surface area contributed by atoms with Gasteiger partial charge >= 0.3 is 0 Å². The van der Waals surface area contributed by atoms with Crippen molar-refractivity contribution < 1.29 is 11.0 Å². The van der Waals surface area contributed by atoms with Crippen molar-refractivity contribution in [3.63, 3.8) is 0 Å². The molecule has 0 spiro atoms. The van der Waals surface area contributed by atoms with Crippen LogP contribution < -0.4 is 10.2 Å². The standard InChI is InChI=1S/C13H19N3O2.H2/c1-3-14-12-8-13(15-9-11(12)10(2)17)16-4-6-18-7-5-16;/h8-9H,3-7H2,1-2H3,(H,14,15);1H. The third-order valence-corrected chi connectivity index (χ3v) is 2.97. The van der Waals surface area contributed by atoms with Crippen LogP contribution in [0.2, 0.25) is 0 Å². The highest BCUT2D eigenvalue weighted by Gasteiger charge is 2.15. The van der Waals surface area contributed by atoms with E-state index in [-0.39, 0.29) is 7.21 Å². The molecule has 18 heavy (non-hydrogen) atoms. The van der Waals surface area contributed by atoms with Crippen molar-refractivity contribution >= 4 is 17.3 Å². The van der Waals surface area contributed by atoms with Crippen LogP contribution in [0.25, 0.3) is 0 Å². The smallest absolute Gasteiger partial charge is 0.163 e. The molecule has 1 aliphatic heterocycles. The Morgan fingerprint density at radius 1 is 1.56 bits per heavy atom. The Kier molecular flexibility index (Phi) is 4.15. The first-order chi connectivity index (χ1) is 8.72. The second-order valence-electron chi connectivity index (χ2n) is 4.27. The van der Waals surface area contributed by atoms with Crippen LogP contribution in [0.1, 0.15) is 25.6 Å². The molecule has 2 heterocycles. The lowest BCUT2D eigenvalue weighted by Gasteiger charge is -2.28. The van der Waals surface area contributed by atoms with Gasteiger partial charge in [0.15, 0.2) is 5.78 Å². The molecule has 0 amide bonds. The lowest BCUT2D eigenvalue weighted by atomic mass is 10.1. The largest absolute Gasteiger partial charge is 0.385 e. The Labute approximate surface area is 109 Å². The van der Waals surface area contributed by atoms with Crippen LogP contribution in [-0.4, -0.2) is 43.6 Å². The van der Waals surface area contributed by atoms with Crippen molar-refractivity contribution in [2.75, 3.05) is 43.1 Å². The van der Waals surface area contributed by atoms with Gasteiger partial charge in [-0.1, -0.05) is 0 Å². The van der Waals surface area contributed by atoms with Gasteiger partial charge in [-0.3, -0.25) is 4.79 Å². The molecule has 0 radical (unpaired) electrons. The number of morpholine rings is 1. The van der Waals surface area contributed by atoms with E-state index in [1.165, 1.54) is 0 Å². The molecule has 1 saturated heterocycles. The molecule has 1 fully saturated rings. The molecule has 1 aromatic heterocycles. The van der Waals surface area contributed by atoms with Crippen LogP contribution >= 0.6 is 0 Å². The number of aromatic nitrogens is 1. The van der Waals surface area contributed by atoms with E-state index in [1.807, 2.05) is 13.0 Å². The molecule has 0 bridgehead atoms. The van der Waals surface area contributed by atoms with Crippen LogP contribution in [-0.2, 0) is 4.74 Å². The number of nitrogens with one attached hydrogen (secondary N) is 1. The zero-order valence-electron chi connectivity index (χ0n) is 10.9. The quantitative estimate of drug-likeness (QED) is 0.827. The molecule has 0 unspecified atom stereocenters. The molecule has 2 rings (SSSR count). The topological polar surface area (TPSA) is 54.5 Å². The van der Waals surface area contributed by atoms with E-state index in [0.29, 0.717) is 5.56 Å². The van der Waals surface area contributed by atoms with Gasteiger partial charge in [0.05, 0.1) is 24.5 Å². The zero-order valence-corrected chi connectivity index (χ0v) is 10.9. The molecule has 5 heteroatoms. The van der Waals surface area contributed by atoms with E-state index in [9.17, 15) is 4.79 Å². The summed E-state index contributed by atoms with van der Waals surface area (Å²) in [6, 6.07) is 1.95. The van der Waals surface area contributed by atoms with Crippen LogP contribution in [0.15, 0.2) is 12.3 Å². The van der Waals surface area contributed by atoms with Crippen molar-refractivity contribution in [3.05, 3.63) is 17.8 Å². The fourth-order valence-corrected chi connectivity index (χ4v) is 2.03. The number of nitrogens with zero attached hydrogens (tertiary/aromatic N) is 2. The minimum absolute atomic E-state index is 0. The van der Waals surface area contributed by atoms with Crippen molar-refractivity contribution in [2.24, 2.45) is 0 Å². The molecule has 0 aromatic carbocycles. The summed E-state index contributed by atoms with van der Waals surface area (Å²) in [5.41, 5.74) is 1.51. The average Bonchev–Trinajstić information content (AvgIpc) is 2.40. The fourth-order valence-electron chi connectivity index (χ4n) is 2.03. The second-order valence-corrected chi connectivity index (χ2v) is 4.27. The van der Waals surface area contributed by atoms with Gasteiger partial charge in [-0.05, 0) is 13.8 Å². The molecule has 0 atom stereocenters. The Bertz CT molecular complexity index is 434. The Hall–Kier alpha value is -1.62. The first-order valence-electron chi connectivity index (χ1n) is 6.30. The van der Waals surface area contributed by atoms with Gasteiger partial charge < -0.3 is 15.0 Å². The lowest BCUT2D eigenvalue weighted by molar-refractivity contribution is 0.101. The molecular weight excluding hydrogens is 230 g/mol. The highest BCUT2D eigenvalue weighted by molar-refractivity contribution is 5.99. The molecule has 1 N–H and O–H groups in total. The number of anilines is 2. The summed E-state index contributed by atoms with van der Waals surface area (Å²) in [5, 5.41) is 3.22. The number of carbonyl (C=O) groups is 1. The molecular formula is C13H21N3O2. The van der Waals surface area contributed by atoms with E-state index < -0.39 is 0 Å². The zero-order chi connectivity index (χ0) is 13.0. The summed E-state index contributed by atoms with van der Waals surface area (Å²) in [7, 11) is 0. The van der Waals surface area contributed by atoms with Gasteiger partial charge in [-0.25, -0.2) is 4.98 Å². The minimum Gasteiger partial charge on any atom is -0.385 e. The van der Waals surface area contributed by atoms with Gasteiger partial charge in [-0.2, -0.15) is 0 Å². The SMILES string of the molecule is CCNc1cc(N2CCOCC2)ncc1C(C)=O.[HH]. The Morgan fingerprint density at radius 2 is 2.28 bits per heavy atom. The normalized spacial score (nSPS) is 15.6. The summed E-state index contributed by atoms with van der Waals surface area (Å²) in [6.45, 7) is 7.51. The third-order valence-electron chi connectivity index (χ3n) is 2.97. The van der Waals surface area contributed by atoms with Crippen LogP contribution in [0.3, 0.4) is 0 Å². The van der Waals surface area contributed by atoms with Gasteiger partial charge in [0.1, 0.15) is 5.82 Å². The molecule has 1 aromatic rings. The number of ketones is 1. The summed E-state index contributed by atoms with van der Waals surface area (Å²) < 4.78 is 5.32. The van der Waals surface area contributed by atoms with Gasteiger partial charge in [0.2, 0.25) is 0 Å². The van der Waals surface area contributed by atoms with Gasteiger partial charge in [0.25, 0.3) is 0 Å². The van der Waals surface area contributed by atoms with E-state index in [2.05, 4.69) is 15.2 Å². The van der Waals surface area contributed by atoms with Gasteiger partial charge in [-0.15, -0.1) is 0 Å². The monoisotopic (exact) mass is 251 g/mol. The Morgan fingerprint density at radius 3 is 2.89 bits per heavy atom. The third kappa shape index (κ3) is 2.79. The fraction of sp³-hybridized carbons (Fsp3) is 0.538. The lowest BCUT2D eigenvalue weighted by Crippen LogP contribution is -2.36. The summed E-state index contributed by atoms with van der Waals surface area (Å²) in [4.78, 5) is 18.1. The molecule has 5 nitrogen and oxygen atoms in total. The molecule has 0 saturated carbocycles. The van der Waals surface area contributed by atoms with Crippen LogP contribution in [0.4, 0.5) is 11.5 Å². The molecule has 1 aliphatic rings. The number of hydrogen-bond donors (Lipinski definition) is 1. The number of hydrogen-bond acceptors (Lipinski definition) is 5. The van der Waals surface area contributed by atoms with Crippen molar-refractivity contribution in [1.82, 2.24) is 4.98 Å². The van der Waals surface area contributed by atoms with E-state index >= 15 is 0 Å². The molecule has 0 aliphatic carbocycles. The highest BCUT2D eigenvalue weighted by Crippen LogP contribution is 2.22. The molecule has 100 valence electrons. The average molecular weight is 251 g/mol.